The molecule has 0 unspecified atom stereocenters. The number of alkyl halides is 3. The van der Waals surface area contributed by atoms with Gasteiger partial charge in [-0.3, -0.25) is 4.79 Å². The topological polar surface area (TPSA) is 100 Å². The Morgan fingerprint density at radius 1 is 1.04 bits per heavy atom. The Kier molecular flexibility index (Phi) is 9.04. The number of methoxy groups -OCH3 is 1. The maximum atomic E-state index is 14.1. The third-order valence-electron chi connectivity index (χ3n) is 8.49. The molecule has 5 rings (SSSR count). The molecule has 0 aliphatic carbocycles. The van der Waals surface area contributed by atoms with Gasteiger partial charge < -0.3 is 29.5 Å². The third-order valence-corrected chi connectivity index (χ3v) is 8.49. The van der Waals surface area contributed by atoms with Crippen molar-refractivity contribution in [2.45, 2.75) is 64.7 Å². The standard InChI is InChI=1S/C34H41F3N6O4/c1-32(2,3)47-31(45)43-17-15-42(16-18-43)22-12-14-25(27(19-22)46-7)40-30-38-20-23(34(35,36)37)24(39-30)13-11-21-9-8-10-26-28(21)33(4,5)29(44)41(26)6/h8-10,12,14,19-20H,11,13,15-18H2,1-7H3,(H,38,39,40). The fraction of sp³-hybridized carbons (Fsp3) is 0.471. The lowest BCUT2D eigenvalue weighted by Crippen LogP contribution is -2.50. The largest absolute Gasteiger partial charge is 0.494 e. The lowest BCUT2D eigenvalue weighted by Gasteiger charge is -2.37. The van der Waals surface area contributed by atoms with Crippen molar-refractivity contribution in [1.82, 2.24) is 14.9 Å². The van der Waals surface area contributed by atoms with Gasteiger partial charge in [-0.1, -0.05) is 12.1 Å². The first kappa shape index (κ1) is 33.8. The Bertz CT molecular complexity index is 1660. The maximum Gasteiger partial charge on any atom is 0.419 e. The van der Waals surface area contributed by atoms with Crippen molar-refractivity contribution in [3.05, 3.63) is 65.0 Å². The first-order valence-electron chi connectivity index (χ1n) is 15.5. The number of amides is 2. The van der Waals surface area contributed by atoms with Crippen LogP contribution in [0.1, 0.15) is 57.0 Å². The smallest absolute Gasteiger partial charge is 0.419 e. The lowest BCUT2D eigenvalue weighted by molar-refractivity contribution is -0.138. The highest BCUT2D eigenvalue weighted by Gasteiger charge is 2.43. The highest BCUT2D eigenvalue weighted by molar-refractivity contribution is 6.07. The van der Waals surface area contributed by atoms with Crippen molar-refractivity contribution < 1.29 is 32.2 Å². The number of likely N-dealkylation sites (N-methyl/N-ethyl adjacent to an activating group) is 1. The van der Waals surface area contributed by atoms with Crippen LogP contribution in [0.4, 0.5) is 41.0 Å². The van der Waals surface area contributed by atoms with Crippen molar-refractivity contribution in [1.29, 1.82) is 0 Å². The number of ether oxygens (including phenoxy) is 2. The molecule has 2 aliphatic rings. The molecule has 3 heterocycles. The van der Waals surface area contributed by atoms with Gasteiger partial charge in [0.15, 0.2) is 0 Å². The SMILES string of the molecule is COc1cc(N2CCN(C(=O)OC(C)(C)C)CC2)ccc1Nc1ncc(C(F)(F)F)c(CCc2cccc3c2C(C)(C)C(=O)N3C)n1. The molecule has 13 heteroatoms. The van der Waals surface area contributed by atoms with Gasteiger partial charge in [-0.05, 0) is 76.8 Å². The minimum Gasteiger partial charge on any atom is -0.494 e. The van der Waals surface area contributed by atoms with Crippen LogP contribution in [-0.4, -0.2) is 72.8 Å². The van der Waals surface area contributed by atoms with E-state index in [-0.39, 0.29) is 36.5 Å². The molecule has 10 nitrogen and oxygen atoms in total. The number of carbonyl (C=O) groups is 2. The second kappa shape index (κ2) is 12.6. The number of rotatable bonds is 7. The molecule has 1 N–H and O–H groups in total. The first-order valence-corrected chi connectivity index (χ1v) is 15.5. The van der Waals surface area contributed by atoms with E-state index in [1.807, 2.05) is 65.0 Å². The van der Waals surface area contributed by atoms with E-state index < -0.39 is 22.8 Å². The number of hydrogen-bond donors (Lipinski definition) is 1. The summed E-state index contributed by atoms with van der Waals surface area (Å²) in [5.41, 5.74) is 1.32. The monoisotopic (exact) mass is 654 g/mol. The Balaban J connectivity index is 1.33. The van der Waals surface area contributed by atoms with Gasteiger partial charge in [0.05, 0.1) is 29.5 Å². The van der Waals surface area contributed by atoms with Gasteiger partial charge in [0.25, 0.3) is 0 Å². The van der Waals surface area contributed by atoms with Crippen LogP contribution in [0.2, 0.25) is 0 Å². The van der Waals surface area contributed by atoms with Crippen LogP contribution in [0, 0.1) is 0 Å². The van der Waals surface area contributed by atoms with Gasteiger partial charge in [0, 0.05) is 56.9 Å². The summed E-state index contributed by atoms with van der Waals surface area (Å²) < 4.78 is 53.3. The number of nitrogens with zero attached hydrogens (tertiary/aromatic N) is 5. The predicted molar refractivity (Wildman–Crippen MR) is 174 cm³/mol. The van der Waals surface area contributed by atoms with Crippen molar-refractivity contribution >= 4 is 35.0 Å². The number of halogens is 3. The molecule has 0 spiro atoms. The Hall–Kier alpha value is -4.55. The number of nitrogens with one attached hydrogen (secondary N) is 1. The number of hydrogen-bond acceptors (Lipinski definition) is 8. The average molecular weight is 655 g/mol. The fourth-order valence-corrected chi connectivity index (χ4v) is 6.16. The zero-order valence-corrected chi connectivity index (χ0v) is 27.8. The van der Waals surface area contributed by atoms with E-state index in [1.54, 1.807) is 22.9 Å². The molecular weight excluding hydrogens is 613 g/mol. The third kappa shape index (κ3) is 7.08. The Morgan fingerprint density at radius 2 is 1.74 bits per heavy atom. The maximum absolute atomic E-state index is 14.1. The number of carbonyl (C=O) groups excluding carboxylic acids is 2. The lowest BCUT2D eigenvalue weighted by atomic mass is 9.82. The Labute approximate surface area is 272 Å². The van der Waals surface area contributed by atoms with Crippen LogP contribution in [0.5, 0.6) is 5.75 Å². The Morgan fingerprint density at radius 3 is 2.38 bits per heavy atom. The van der Waals surface area contributed by atoms with E-state index in [4.69, 9.17) is 9.47 Å². The van der Waals surface area contributed by atoms with E-state index in [9.17, 15) is 22.8 Å². The van der Waals surface area contributed by atoms with E-state index in [0.717, 1.165) is 28.7 Å². The summed E-state index contributed by atoms with van der Waals surface area (Å²) in [4.78, 5) is 39.0. The van der Waals surface area contributed by atoms with Crippen molar-refractivity contribution in [3.8, 4) is 5.75 Å². The second-order valence-corrected chi connectivity index (χ2v) is 13.3. The van der Waals surface area contributed by atoms with Crippen LogP contribution in [0.15, 0.2) is 42.6 Å². The van der Waals surface area contributed by atoms with Gasteiger partial charge in [-0.15, -0.1) is 0 Å². The second-order valence-electron chi connectivity index (χ2n) is 13.3. The molecular formula is C34H41F3N6O4. The number of benzene rings is 2. The summed E-state index contributed by atoms with van der Waals surface area (Å²) in [7, 11) is 3.21. The summed E-state index contributed by atoms with van der Waals surface area (Å²) in [6.07, 6.45) is -3.94. The summed E-state index contributed by atoms with van der Waals surface area (Å²) in [5, 5.41) is 3.03. The van der Waals surface area contributed by atoms with E-state index in [1.165, 1.54) is 7.11 Å². The summed E-state index contributed by atoms with van der Waals surface area (Å²) in [6, 6.07) is 11.0. The minimum atomic E-state index is -4.64. The summed E-state index contributed by atoms with van der Waals surface area (Å²) >= 11 is 0. The molecule has 1 fully saturated rings. The highest BCUT2D eigenvalue weighted by Crippen LogP contribution is 2.43. The van der Waals surface area contributed by atoms with Crippen LogP contribution < -0.4 is 19.9 Å². The molecule has 2 aliphatic heterocycles. The molecule has 3 aromatic rings. The number of aromatic nitrogens is 2. The highest BCUT2D eigenvalue weighted by atomic mass is 19.4. The fourth-order valence-electron chi connectivity index (χ4n) is 6.16. The van der Waals surface area contributed by atoms with E-state index in [2.05, 4.69) is 20.2 Å². The van der Waals surface area contributed by atoms with Gasteiger partial charge in [0.2, 0.25) is 11.9 Å². The van der Waals surface area contributed by atoms with Crippen LogP contribution in [0.3, 0.4) is 0 Å². The van der Waals surface area contributed by atoms with Crippen molar-refractivity contribution in [2.75, 3.05) is 55.5 Å². The van der Waals surface area contributed by atoms with Gasteiger partial charge >= 0.3 is 12.3 Å². The predicted octanol–water partition coefficient (Wildman–Crippen LogP) is 6.34. The normalized spacial score (nSPS) is 16.3. The number of anilines is 4. The minimum absolute atomic E-state index is 0.00134. The van der Waals surface area contributed by atoms with Crippen LogP contribution in [-0.2, 0) is 34.0 Å². The van der Waals surface area contributed by atoms with E-state index >= 15 is 0 Å². The molecule has 47 heavy (non-hydrogen) atoms. The number of fused-ring (bicyclic) bond motifs is 1. The molecule has 0 radical (unpaired) electrons. The van der Waals surface area contributed by atoms with Crippen LogP contribution in [0.25, 0.3) is 0 Å². The van der Waals surface area contributed by atoms with E-state index in [0.29, 0.717) is 37.6 Å². The number of aryl methyl sites for hydroxylation is 2. The summed E-state index contributed by atoms with van der Waals surface area (Å²) in [5.74, 6) is 0.393. The molecule has 1 saturated heterocycles. The molecule has 0 saturated carbocycles. The van der Waals surface area contributed by atoms with Crippen LogP contribution >= 0.6 is 0 Å². The van der Waals surface area contributed by atoms with Crippen molar-refractivity contribution in [2.24, 2.45) is 0 Å². The molecule has 2 aromatic carbocycles. The van der Waals surface area contributed by atoms with Gasteiger partial charge in [-0.2, -0.15) is 13.2 Å². The summed E-state index contributed by atoms with van der Waals surface area (Å²) in [6.45, 7) is 11.3. The molecule has 2 amide bonds. The molecule has 1 aromatic heterocycles. The average Bonchev–Trinajstić information content (AvgIpc) is 3.19. The molecule has 252 valence electrons. The quantitative estimate of drug-likeness (QED) is 0.315. The first-order chi connectivity index (χ1) is 22.0. The zero-order chi connectivity index (χ0) is 34.3. The van der Waals surface area contributed by atoms with Gasteiger partial charge in [-0.25, -0.2) is 14.8 Å². The van der Waals surface area contributed by atoms with Crippen molar-refractivity contribution in [3.63, 3.8) is 0 Å². The molecule has 0 atom stereocenters. The zero-order valence-electron chi connectivity index (χ0n) is 27.8. The molecule has 0 bridgehead atoms. The number of piperazine rings is 1. The van der Waals surface area contributed by atoms with Gasteiger partial charge in [0.1, 0.15) is 11.4 Å².